The van der Waals surface area contributed by atoms with Gasteiger partial charge in [-0.2, -0.15) is 0 Å². The van der Waals surface area contributed by atoms with E-state index in [9.17, 15) is 0 Å². The molecule has 0 unspecified atom stereocenters. The molecule has 1 saturated heterocycles. The molecule has 0 aromatic carbocycles. The maximum atomic E-state index is 4.24. The molecule has 1 N–H and O–H groups in total. The van der Waals surface area contributed by atoms with Crippen molar-refractivity contribution in [3.8, 4) is 0 Å². The summed E-state index contributed by atoms with van der Waals surface area (Å²) in [6.45, 7) is 6.91. The van der Waals surface area contributed by atoms with E-state index in [4.69, 9.17) is 0 Å². The van der Waals surface area contributed by atoms with Crippen LogP contribution in [-0.2, 0) is 6.54 Å². The molecule has 1 fully saturated rings. The standard InChI is InChI=1S/C13H21N3/c1-13(2)6-4-8-16(13)10-11-5-7-15-12(9-11)14-3/h5,7,9H,4,6,8,10H2,1-3H3,(H,14,15). The molecule has 2 heterocycles. The van der Waals surface area contributed by atoms with Crippen molar-refractivity contribution in [2.24, 2.45) is 0 Å². The van der Waals surface area contributed by atoms with Crippen LogP contribution in [0.4, 0.5) is 5.82 Å². The first-order valence-corrected chi connectivity index (χ1v) is 5.99. The summed E-state index contributed by atoms with van der Waals surface area (Å²) in [5.74, 6) is 0.953. The van der Waals surface area contributed by atoms with Gasteiger partial charge >= 0.3 is 0 Å². The summed E-state index contributed by atoms with van der Waals surface area (Å²) in [6.07, 6.45) is 4.50. The van der Waals surface area contributed by atoms with Gasteiger partial charge in [0.05, 0.1) is 0 Å². The predicted octanol–water partition coefficient (Wildman–Crippen LogP) is 2.50. The van der Waals surface area contributed by atoms with Crippen LogP contribution in [-0.4, -0.2) is 29.0 Å². The molecule has 0 amide bonds. The zero-order valence-corrected chi connectivity index (χ0v) is 10.5. The molecule has 0 atom stereocenters. The quantitative estimate of drug-likeness (QED) is 0.846. The van der Waals surface area contributed by atoms with Gasteiger partial charge in [0.25, 0.3) is 0 Å². The first-order valence-electron chi connectivity index (χ1n) is 5.99. The monoisotopic (exact) mass is 219 g/mol. The van der Waals surface area contributed by atoms with Gasteiger partial charge < -0.3 is 5.32 Å². The number of likely N-dealkylation sites (tertiary alicyclic amines) is 1. The molecule has 0 radical (unpaired) electrons. The van der Waals surface area contributed by atoms with Crippen LogP contribution in [0.2, 0.25) is 0 Å². The van der Waals surface area contributed by atoms with Gasteiger partial charge in [0.2, 0.25) is 0 Å². The predicted molar refractivity (Wildman–Crippen MR) is 67.5 cm³/mol. The Hall–Kier alpha value is -1.09. The third-order valence-corrected chi connectivity index (χ3v) is 3.53. The molecule has 3 nitrogen and oxygen atoms in total. The third-order valence-electron chi connectivity index (χ3n) is 3.53. The fourth-order valence-electron chi connectivity index (χ4n) is 2.39. The van der Waals surface area contributed by atoms with E-state index in [1.54, 1.807) is 0 Å². The minimum absolute atomic E-state index is 0.350. The number of nitrogens with one attached hydrogen (secondary N) is 1. The third kappa shape index (κ3) is 2.35. The number of anilines is 1. The molecular weight excluding hydrogens is 198 g/mol. The topological polar surface area (TPSA) is 28.2 Å². The van der Waals surface area contributed by atoms with Crippen LogP contribution < -0.4 is 5.32 Å². The Kier molecular flexibility index (Phi) is 3.15. The van der Waals surface area contributed by atoms with Crippen molar-refractivity contribution in [2.45, 2.75) is 38.8 Å². The number of pyridine rings is 1. The first kappa shape index (κ1) is 11.4. The lowest BCUT2D eigenvalue weighted by Gasteiger charge is -2.31. The molecule has 0 bridgehead atoms. The number of aromatic nitrogens is 1. The lowest BCUT2D eigenvalue weighted by atomic mass is 10.0. The van der Waals surface area contributed by atoms with Crippen LogP contribution in [0.15, 0.2) is 18.3 Å². The van der Waals surface area contributed by atoms with E-state index >= 15 is 0 Å². The second-order valence-electron chi connectivity index (χ2n) is 5.14. The molecule has 0 saturated carbocycles. The average Bonchev–Trinajstić information content (AvgIpc) is 2.59. The van der Waals surface area contributed by atoms with Crippen LogP contribution in [0.3, 0.4) is 0 Å². The molecule has 1 aliphatic heterocycles. The number of hydrogen-bond acceptors (Lipinski definition) is 3. The van der Waals surface area contributed by atoms with Gasteiger partial charge in [0, 0.05) is 25.3 Å². The Balaban J connectivity index is 2.08. The fraction of sp³-hybridized carbons (Fsp3) is 0.615. The smallest absolute Gasteiger partial charge is 0.125 e. The van der Waals surface area contributed by atoms with Gasteiger partial charge in [-0.25, -0.2) is 4.98 Å². The summed E-state index contributed by atoms with van der Waals surface area (Å²) in [7, 11) is 1.91. The summed E-state index contributed by atoms with van der Waals surface area (Å²) in [4.78, 5) is 6.80. The molecule has 88 valence electrons. The summed E-state index contributed by atoms with van der Waals surface area (Å²) >= 11 is 0. The highest BCUT2D eigenvalue weighted by molar-refractivity contribution is 5.36. The van der Waals surface area contributed by atoms with E-state index < -0.39 is 0 Å². The molecule has 3 heteroatoms. The van der Waals surface area contributed by atoms with Crippen LogP contribution in [0.5, 0.6) is 0 Å². The minimum atomic E-state index is 0.350. The largest absolute Gasteiger partial charge is 0.373 e. The number of hydrogen-bond donors (Lipinski definition) is 1. The van der Waals surface area contributed by atoms with Crippen molar-refractivity contribution in [2.75, 3.05) is 18.9 Å². The van der Waals surface area contributed by atoms with E-state index in [2.05, 4.69) is 41.2 Å². The Morgan fingerprint density at radius 2 is 2.31 bits per heavy atom. The Bertz CT molecular complexity index is 360. The van der Waals surface area contributed by atoms with E-state index in [0.29, 0.717) is 5.54 Å². The molecule has 16 heavy (non-hydrogen) atoms. The maximum absolute atomic E-state index is 4.24. The summed E-state index contributed by atoms with van der Waals surface area (Å²) in [5.41, 5.74) is 1.69. The van der Waals surface area contributed by atoms with Crippen molar-refractivity contribution in [1.82, 2.24) is 9.88 Å². The minimum Gasteiger partial charge on any atom is -0.373 e. The zero-order chi connectivity index (χ0) is 11.6. The maximum Gasteiger partial charge on any atom is 0.125 e. The lowest BCUT2D eigenvalue weighted by Crippen LogP contribution is -2.37. The van der Waals surface area contributed by atoms with Crippen LogP contribution in [0.25, 0.3) is 0 Å². The highest BCUT2D eigenvalue weighted by Crippen LogP contribution is 2.29. The van der Waals surface area contributed by atoms with E-state index in [1.807, 2.05) is 13.2 Å². The second kappa shape index (κ2) is 4.42. The fourth-order valence-corrected chi connectivity index (χ4v) is 2.39. The van der Waals surface area contributed by atoms with Gasteiger partial charge in [0.15, 0.2) is 0 Å². The molecule has 1 aliphatic rings. The Morgan fingerprint density at radius 1 is 1.50 bits per heavy atom. The summed E-state index contributed by atoms with van der Waals surface area (Å²) in [5, 5.41) is 3.08. The van der Waals surface area contributed by atoms with Crippen LogP contribution >= 0.6 is 0 Å². The van der Waals surface area contributed by atoms with E-state index in [0.717, 1.165) is 12.4 Å². The lowest BCUT2D eigenvalue weighted by molar-refractivity contribution is 0.166. The summed E-state index contributed by atoms with van der Waals surface area (Å²) in [6, 6.07) is 4.24. The van der Waals surface area contributed by atoms with Gasteiger partial charge in [0.1, 0.15) is 5.82 Å². The summed E-state index contributed by atoms with van der Waals surface area (Å²) < 4.78 is 0. The molecule has 0 aliphatic carbocycles. The van der Waals surface area contributed by atoms with Crippen LogP contribution in [0.1, 0.15) is 32.3 Å². The molecule has 1 aromatic rings. The first-order chi connectivity index (χ1) is 7.62. The SMILES string of the molecule is CNc1cc(CN2CCCC2(C)C)ccn1. The average molecular weight is 219 g/mol. The Labute approximate surface area is 97.9 Å². The number of rotatable bonds is 3. The highest BCUT2D eigenvalue weighted by Gasteiger charge is 2.31. The Morgan fingerprint density at radius 3 is 2.94 bits per heavy atom. The van der Waals surface area contributed by atoms with Gasteiger partial charge in [-0.15, -0.1) is 0 Å². The van der Waals surface area contributed by atoms with E-state index in [1.165, 1.54) is 24.9 Å². The van der Waals surface area contributed by atoms with Crippen molar-refractivity contribution in [3.05, 3.63) is 23.9 Å². The van der Waals surface area contributed by atoms with Crippen molar-refractivity contribution < 1.29 is 0 Å². The molecular formula is C13H21N3. The molecule has 2 rings (SSSR count). The van der Waals surface area contributed by atoms with Gasteiger partial charge in [-0.05, 0) is 50.9 Å². The van der Waals surface area contributed by atoms with Crippen molar-refractivity contribution >= 4 is 5.82 Å². The second-order valence-corrected chi connectivity index (χ2v) is 5.14. The van der Waals surface area contributed by atoms with Gasteiger partial charge in [-0.1, -0.05) is 0 Å². The highest BCUT2D eigenvalue weighted by atomic mass is 15.2. The van der Waals surface area contributed by atoms with Crippen LogP contribution in [0, 0.1) is 0 Å². The normalized spacial score (nSPS) is 19.9. The molecule has 0 spiro atoms. The van der Waals surface area contributed by atoms with Crippen molar-refractivity contribution in [3.63, 3.8) is 0 Å². The van der Waals surface area contributed by atoms with Crippen molar-refractivity contribution in [1.29, 1.82) is 0 Å². The van der Waals surface area contributed by atoms with Gasteiger partial charge in [-0.3, -0.25) is 4.90 Å². The zero-order valence-electron chi connectivity index (χ0n) is 10.5. The van der Waals surface area contributed by atoms with E-state index in [-0.39, 0.29) is 0 Å². The number of nitrogens with zero attached hydrogens (tertiary/aromatic N) is 2. The molecule has 1 aromatic heterocycles.